The highest BCUT2D eigenvalue weighted by atomic mass is 16.5. The first kappa shape index (κ1) is 39.6. The number of nitrogens with zero attached hydrogens (tertiary/aromatic N) is 2. The Morgan fingerprint density at radius 1 is 0.943 bits per heavy atom. The first-order chi connectivity index (χ1) is 24.6. The number of carboxylic acid groups (broad SMARTS) is 1. The number of carboxylic acids is 1. The van der Waals surface area contributed by atoms with Gasteiger partial charge in [0.1, 0.15) is 6.10 Å². The van der Waals surface area contributed by atoms with Crippen molar-refractivity contribution in [2.24, 2.45) is 56.2 Å². The van der Waals surface area contributed by atoms with E-state index in [1.54, 1.807) is 50.3 Å². The van der Waals surface area contributed by atoms with Gasteiger partial charge in [-0.25, -0.2) is 0 Å². The summed E-state index contributed by atoms with van der Waals surface area (Å²) in [6, 6.07) is 3.38. The second-order valence-electron chi connectivity index (χ2n) is 20.0. The number of rotatable bonds is 9. The molecule has 1 heterocycles. The van der Waals surface area contributed by atoms with Gasteiger partial charge in [-0.3, -0.25) is 24.2 Å². The lowest BCUT2D eigenvalue weighted by molar-refractivity contribution is -0.235. The van der Waals surface area contributed by atoms with Crippen LogP contribution in [0.5, 0.6) is 0 Å². The van der Waals surface area contributed by atoms with Crippen molar-refractivity contribution in [3.8, 4) is 0 Å². The predicted octanol–water partition coefficient (Wildman–Crippen LogP) is 7.91. The van der Waals surface area contributed by atoms with Crippen LogP contribution in [-0.4, -0.2) is 69.5 Å². The number of hydrogen-bond donors (Lipinski definition) is 2. The summed E-state index contributed by atoms with van der Waals surface area (Å²) in [5.41, 5.74) is 0.440. The summed E-state index contributed by atoms with van der Waals surface area (Å²) in [6.45, 7) is 19.5. The largest absolute Gasteiger partial charge is 0.481 e. The highest BCUT2D eigenvalue weighted by Gasteiger charge is 2.71. The number of carbonyl (C=O) groups excluding carboxylic acids is 3. The van der Waals surface area contributed by atoms with Crippen molar-refractivity contribution in [3.63, 3.8) is 0 Å². The van der Waals surface area contributed by atoms with Crippen LogP contribution >= 0.6 is 0 Å². The van der Waals surface area contributed by atoms with Crippen LogP contribution in [0, 0.1) is 56.2 Å². The standard InChI is InChI=1S/C44H64N2O7/c1-26(2)35-29(47)23-44(32(48)25-46(10)37(50)27-15-21-45-22-16-27)20-19-42(8)28(36(35)44)11-12-31-41(7)17-14-33(53-34(49)24-39(3,4)38(51)52)40(5,6)30(41)13-18-43(31,42)9/h15-16,21-22,26,28,30-33,48H,11-14,17-20,23-25H2,1-10H3,(H,51,52)/t28-,30?,31-,32+,33+,41+,42-,43-,44+/m1/s1. The molecule has 9 nitrogen and oxygen atoms in total. The first-order valence-corrected chi connectivity index (χ1v) is 20.1. The lowest BCUT2D eigenvalue weighted by Crippen LogP contribution is -2.66. The Morgan fingerprint density at radius 2 is 1.60 bits per heavy atom. The molecule has 4 saturated carbocycles. The van der Waals surface area contributed by atoms with Crippen LogP contribution in [0.15, 0.2) is 35.7 Å². The Hall–Kier alpha value is -3.07. The molecule has 9 heteroatoms. The fourth-order valence-electron chi connectivity index (χ4n) is 13.1. The number of likely N-dealkylation sites (N-methyl/N-ethyl adjacent to an activating group) is 1. The lowest BCUT2D eigenvalue weighted by atomic mass is 9.33. The number of hydrogen-bond acceptors (Lipinski definition) is 7. The number of aliphatic hydroxyl groups excluding tert-OH is 1. The maximum Gasteiger partial charge on any atom is 0.309 e. The molecule has 4 fully saturated rings. The van der Waals surface area contributed by atoms with E-state index >= 15 is 0 Å². The summed E-state index contributed by atoms with van der Waals surface area (Å²) in [4.78, 5) is 57.9. The Morgan fingerprint density at radius 3 is 2.23 bits per heavy atom. The number of amides is 1. The zero-order valence-electron chi connectivity index (χ0n) is 33.9. The normalized spacial score (nSPS) is 36.9. The SMILES string of the molecule is CC(C)C1=C2[C@H]3CC[C@@H]4[C@@]5(C)CC[C@H](OC(=O)CC(C)(C)C(=O)O)C(C)(C)C5CC[C@@]4(C)[C@]3(C)CC[C@@]2([C@@H](O)CN(C)C(=O)c2ccncc2)CC1=O. The summed E-state index contributed by atoms with van der Waals surface area (Å²) >= 11 is 0. The van der Waals surface area contributed by atoms with Gasteiger partial charge >= 0.3 is 11.9 Å². The van der Waals surface area contributed by atoms with Crippen LogP contribution in [0.2, 0.25) is 0 Å². The van der Waals surface area contributed by atoms with Crippen molar-refractivity contribution >= 4 is 23.6 Å². The van der Waals surface area contributed by atoms with Crippen molar-refractivity contribution < 1.29 is 34.1 Å². The maximum atomic E-state index is 14.1. The summed E-state index contributed by atoms with van der Waals surface area (Å²) in [6.07, 6.45) is 9.59. The molecular weight excluding hydrogens is 668 g/mol. The number of aliphatic hydroxyl groups is 1. The van der Waals surface area contributed by atoms with Gasteiger partial charge in [0.2, 0.25) is 0 Å². The van der Waals surface area contributed by atoms with E-state index in [0.717, 1.165) is 50.5 Å². The zero-order chi connectivity index (χ0) is 39.1. The lowest BCUT2D eigenvalue weighted by Gasteiger charge is -2.72. The molecular formula is C44H64N2O7. The zero-order valence-corrected chi connectivity index (χ0v) is 33.9. The monoisotopic (exact) mass is 732 g/mol. The molecule has 9 atom stereocenters. The Bertz CT molecular complexity index is 1680. The van der Waals surface area contributed by atoms with Crippen LogP contribution in [0.3, 0.4) is 0 Å². The summed E-state index contributed by atoms with van der Waals surface area (Å²) in [7, 11) is 1.73. The summed E-state index contributed by atoms with van der Waals surface area (Å²) in [5.74, 6) is -0.459. The van der Waals surface area contributed by atoms with Crippen LogP contribution in [0.25, 0.3) is 0 Å². The van der Waals surface area contributed by atoms with Gasteiger partial charge in [0.25, 0.3) is 5.91 Å². The highest BCUT2D eigenvalue weighted by molar-refractivity contribution is 6.01. The van der Waals surface area contributed by atoms with Crippen molar-refractivity contribution in [1.29, 1.82) is 0 Å². The van der Waals surface area contributed by atoms with Gasteiger partial charge in [0.05, 0.1) is 17.9 Å². The molecule has 1 aromatic rings. The molecule has 1 unspecified atom stereocenters. The molecule has 0 radical (unpaired) electrons. The topological polar surface area (TPSA) is 134 Å². The van der Waals surface area contributed by atoms with E-state index in [0.29, 0.717) is 30.2 Å². The molecule has 6 rings (SSSR count). The number of fused-ring (bicyclic) bond motifs is 7. The minimum Gasteiger partial charge on any atom is -0.481 e. The van der Waals surface area contributed by atoms with Crippen molar-refractivity contribution in [2.45, 2.75) is 139 Å². The van der Waals surface area contributed by atoms with Crippen LogP contribution in [0.4, 0.5) is 0 Å². The Balaban J connectivity index is 1.28. The van der Waals surface area contributed by atoms with E-state index in [-0.39, 0.29) is 64.3 Å². The van der Waals surface area contributed by atoms with E-state index in [9.17, 15) is 29.4 Å². The maximum absolute atomic E-state index is 14.1. The second-order valence-corrected chi connectivity index (χ2v) is 20.0. The number of pyridine rings is 1. The molecule has 0 spiro atoms. The molecule has 53 heavy (non-hydrogen) atoms. The Kier molecular flexibility index (Phi) is 9.94. The van der Waals surface area contributed by atoms with Gasteiger partial charge in [-0.1, -0.05) is 54.0 Å². The number of allylic oxidation sites excluding steroid dienone is 1. The van der Waals surface area contributed by atoms with E-state index in [1.807, 2.05) is 0 Å². The van der Waals surface area contributed by atoms with E-state index in [2.05, 4.69) is 53.5 Å². The van der Waals surface area contributed by atoms with Gasteiger partial charge < -0.3 is 19.8 Å². The fraction of sp³-hybridized carbons (Fsp3) is 0.750. The van der Waals surface area contributed by atoms with E-state index < -0.39 is 28.9 Å². The minimum absolute atomic E-state index is 0.00177. The number of ether oxygens (including phenoxy) is 1. The minimum atomic E-state index is -1.18. The van der Waals surface area contributed by atoms with Gasteiger partial charge in [-0.05, 0) is 123 Å². The highest BCUT2D eigenvalue weighted by Crippen LogP contribution is 2.77. The molecule has 5 aliphatic carbocycles. The molecule has 1 aromatic heterocycles. The average molecular weight is 733 g/mol. The quantitative estimate of drug-likeness (QED) is 0.245. The summed E-state index contributed by atoms with van der Waals surface area (Å²) in [5, 5.41) is 21.9. The third kappa shape index (κ3) is 6.01. The van der Waals surface area contributed by atoms with Crippen LogP contribution < -0.4 is 0 Å². The molecule has 0 saturated heterocycles. The van der Waals surface area contributed by atoms with Gasteiger partial charge in [0, 0.05) is 48.8 Å². The third-order valence-corrected chi connectivity index (χ3v) is 16.2. The number of esters is 1. The average Bonchev–Trinajstić information content (AvgIpc) is 3.39. The molecule has 1 amide bonds. The second kappa shape index (κ2) is 13.3. The predicted molar refractivity (Wildman–Crippen MR) is 203 cm³/mol. The number of aromatic nitrogens is 1. The Labute approximate surface area is 316 Å². The molecule has 5 aliphatic rings. The van der Waals surface area contributed by atoms with Gasteiger partial charge in [0.15, 0.2) is 5.78 Å². The molecule has 292 valence electrons. The first-order valence-electron chi connectivity index (χ1n) is 20.1. The van der Waals surface area contributed by atoms with Crippen molar-refractivity contribution in [2.75, 3.05) is 13.6 Å². The number of aliphatic carboxylic acids is 1. The third-order valence-electron chi connectivity index (χ3n) is 16.2. The van der Waals surface area contributed by atoms with E-state index in [4.69, 9.17) is 4.74 Å². The molecule has 0 aromatic carbocycles. The molecule has 2 N–H and O–H groups in total. The van der Waals surface area contributed by atoms with E-state index in [1.165, 1.54) is 5.57 Å². The van der Waals surface area contributed by atoms with Crippen molar-refractivity contribution in [1.82, 2.24) is 9.88 Å². The number of carbonyl (C=O) groups is 4. The van der Waals surface area contributed by atoms with Gasteiger partial charge in [-0.15, -0.1) is 0 Å². The number of ketones is 1. The smallest absolute Gasteiger partial charge is 0.309 e. The van der Waals surface area contributed by atoms with Gasteiger partial charge in [-0.2, -0.15) is 0 Å². The summed E-state index contributed by atoms with van der Waals surface area (Å²) < 4.78 is 6.15. The number of Topliss-reactive ketones (excluding diaryl/α,β-unsaturated/α-hetero) is 1. The van der Waals surface area contributed by atoms with Crippen LogP contribution in [-0.2, 0) is 19.1 Å². The van der Waals surface area contributed by atoms with Crippen molar-refractivity contribution in [3.05, 3.63) is 41.2 Å². The fourth-order valence-corrected chi connectivity index (χ4v) is 13.1. The van der Waals surface area contributed by atoms with Crippen LogP contribution in [0.1, 0.15) is 137 Å². The molecule has 0 bridgehead atoms. The molecule has 0 aliphatic heterocycles.